The largest absolute Gasteiger partial charge is 0.378 e. The minimum absolute atomic E-state index is 0.0661. The van der Waals surface area contributed by atoms with Crippen LogP contribution >= 0.6 is 0 Å². The predicted octanol–water partition coefficient (Wildman–Crippen LogP) is 1.59. The lowest BCUT2D eigenvalue weighted by molar-refractivity contribution is -0.383. The van der Waals surface area contributed by atoms with E-state index in [4.69, 9.17) is 5.73 Å². The summed E-state index contributed by atoms with van der Waals surface area (Å²) < 4.78 is 0. The molecule has 7 nitrogen and oxygen atoms in total. The lowest BCUT2D eigenvalue weighted by Gasteiger charge is -2.32. The van der Waals surface area contributed by atoms with E-state index in [2.05, 4.69) is 16.9 Å². The number of nitrogen functional groups attached to an aromatic ring is 1. The van der Waals surface area contributed by atoms with Crippen molar-refractivity contribution in [2.45, 2.75) is 26.2 Å². The van der Waals surface area contributed by atoms with E-state index in [1.165, 1.54) is 12.7 Å². The SMILES string of the molecule is CCC1CCCN(c2ncnc(N)c2[N+](=O)[O-])C1. The number of hydrogen-bond acceptors (Lipinski definition) is 6. The number of hydrogen-bond donors (Lipinski definition) is 1. The van der Waals surface area contributed by atoms with E-state index in [0.29, 0.717) is 11.7 Å². The molecule has 1 saturated heterocycles. The first-order valence-corrected chi connectivity index (χ1v) is 6.13. The van der Waals surface area contributed by atoms with Gasteiger partial charge in [0, 0.05) is 13.1 Å². The molecule has 0 aromatic carbocycles. The molecule has 1 aromatic heterocycles. The highest BCUT2D eigenvalue weighted by Gasteiger charge is 2.28. The number of anilines is 2. The number of aromatic nitrogens is 2. The van der Waals surface area contributed by atoms with E-state index < -0.39 is 4.92 Å². The summed E-state index contributed by atoms with van der Waals surface area (Å²) in [6.45, 7) is 3.72. The summed E-state index contributed by atoms with van der Waals surface area (Å²) in [4.78, 5) is 20.2. The standard InChI is InChI=1S/C11H17N5O2/c1-2-8-4-3-5-15(6-8)11-9(16(17)18)10(12)13-7-14-11/h7-8H,2-6H2,1H3,(H2,12,13,14). The third kappa shape index (κ3) is 2.34. The van der Waals surface area contributed by atoms with E-state index >= 15 is 0 Å². The lowest BCUT2D eigenvalue weighted by atomic mass is 9.95. The van der Waals surface area contributed by atoms with Gasteiger partial charge >= 0.3 is 5.69 Å². The van der Waals surface area contributed by atoms with Crippen molar-refractivity contribution in [3.8, 4) is 0 Å². The number of rotatable bonds is 3. The van der Waals surface area contributed by atoms with Gasteiger partial charge in [0.1, 0.15) is 6.33 Å². The third-order valence-corrected chi connectivity index (χ3v) is 3.41. The number of nitro groups is 1. The minimum Gasteiger partial charge on any atom is -0.378 e. The summed E-state index contributed by atoms with van der Waals surface area (Å²) in [5.41, 5.74) is 5.40. The zero-order valence-electron chi connectivity index (χ0n) is 10.4. The van der Waals surface area contributed by atoms with Crippen LogP contribution in [0.1, 0.15) is 26.2 Å². The fraction of sp³-hybridized carbons (Fsp3) is 0.636. The van der Waals surface area contributed by atoms with Crippen LogP contribution in [0.5, 0.6) is 0 Å². The van der Waals surface area contributed by atoms with Gasteiger partial charge in [-0.25, -0.2) is 9.97 Å². The normalized spacial score (nSPS) is 19.8. The van der Waals surface area contributed by atoms with Gasteiger partial charge in [-0.1, -0.05) is 13.3 Å². The van der Waals surface area contributed by atoms with Crippen molar-refractivity contribution < 1.29 is 4.92 Å². The summed E-state index contributed by atoms with van der Waals surface area (Å²) in [6, 6.07) is 0. The van der Waals surface area contributed by atoms with Crippen molar-refractivity contribution >= 4 is 17.3 Å². The van der Waals surface area contributed by atoms with E-state index in [1.807, 2.05) is 4.90 Å². The molecule has 2 N–H and O–H groups in total. The summed E-state index contributed by atoms with van der Waals surface area (Å²) in [6.07, 6.45) is 4.55. The van der Waals surface area contributed by atoms with Gasteiger partial charge in [-0.3, -0.25) is 10.1 Å². The molecule has 18 heavy (non-hydrogen) atoms. The molecule has 1 unspecified atom stereocenters. The molecule has 0 amide bonds. The van der Waals surface area contributed by atoms with Gasteiger partial charge in [-0.15, -0.1) is 0 Å². The van der Waals surface area contributed by atoms with Gasteiger partial charge < -0.3 is 10.6 Å². The zero-order chi connectivity index (χ0) is 13.1. The highest BCUT2D eigenvalue weighted by molar-refractivity contribution is 5.68. The van der Waals surface area contributed by atoms with Gasteiger partial charge in [-0.05, 0) is 18.8 Å². The van der Waals surface area contributed by atoms with Crippen LogP contribution < -0.4 is 10.6 Å². The highest BCUT2D eigenvalue weighted by Crippen LogP contribution is 2.32. The molecule has 0 bridgehead atoms. The number of nitrogens with zero attached hydrogens (tertiary/aromatic N) is 4. The molecule has 2 rings (SSSR count). The molecule has 0 saturated carbocycles. The molecule has 1 aliphatic rings. The molecule has 2 heterocycles. The van der Waals surface area contributed by atoms with Crippen LogP contribution in [-0.4, -0.2) is 28.0 Å². The Kier molecular flexibility index (Phi) is 3.59. The van der Waals surface area contributed by atoms with Crippen molar-refractivity contribution in [2.24, 2.45) is 5.92 Å². The molecule has 1 aliphatic heterocycles. The summed E-state index contributed by atoms with van der Waals surface area (Å²) >= 11 is 0. The molecular formula is C11H17N5O2. The monoisotopic (exact) mass is 251 g/mol. The second-order valence-corrected chi connectivity index (χ2v) is 4.55. The number of nitrogens with two attached hydrogens (primary N) is 1. The van der Waals surface area contributed by atoms with Gasteiger partial charge in [0.05, 0.1) is 4.92 Å². The van der Waals surface area contributed by atoms with Crippen LogP contribution in [-0.2, 0) is 0 Å². The smallest absolute Gasteiger partial charge is 0.353 e. The van der Waals surface area contributed by atoms with E-state index in [1.54, 1.807) is 0 Å². The van der Waals surface area contributed by atoms with Crippen LogP contribution in [0.15, 0.2) is 6.33 Å². The van der Waals surface area contributed by atoms with Crippen molar-refractivity contribution in [1.82, 2.24) is 9.97 Å². The maximum atomic E-state index is 11.1. The Labute approximate surface area is 105 Å². The Balaban J connectivity index is 2.32. The summed E-state index contributed by atoms with van der Waals surface area (Å²) in [5.74, 6) is 0.851. The van der Waals surface area contributed by atoms with E-state index in [-0.39, 0.29) is 11.5 Å². The van der Waals surface area contributed by atoms with Crippen LogP contribution in [0.4, 0.5) is 17.3 Å². The van der Waals surface area contributed by atoms with E-state index in [0.717, 1.165) is 25.9 Å². The van der Waals surface area contributed by atoms with Gasteiger partial charge in [0.2, 0.25) is 11.6 Å². The Morgan fingerprint density at radius 1 is 1.61 bits per heavy atom. The minimum atomic E-state index is -0.500. The predicted molar refractivity (Wildman–Crippen MR) is 68.3 cm³/mol. The molecule has 1 fully saturated rings. The highest BCUT2D eigenvalue weighted by atomic mass is 16.6. The molecule has 0 spiro atoms. The van der Waals surface area contributed by atoms with Gasteiger partial charge in [0.15, 0.2) is 0 Å². The maximum Gasteiger partial charge on any atom is 0.353 e. The molecule has 0 radical (unpaired) electrons. The topological polar surface area (TPSA) is 98.2 Å². The van der Waals surface area contributed by atoms with Crippen LogP contribution in [0.25, 0.3) is 0 Å². The van der Waals surface area contributed by atoms with Crippen molar-refractivity contribution in [3.63, 3.8) is 0 Å². The van der Waals surface area contributed by atoms with Gasteiger partial charge in [0.25, 0.3) is 0 Å². The van der Waals surface area contributed by atoms with E-state index in [9.17, 15) is 10.1 Å². The quantitative estimate of drug-likeness (QED) is 0.647. The Morgan fingerprint density at radius 3 is 3.06 bits per heavy atom. The first-order chi connectivity index (χ1) is 8.63. The molecule has 1 aromatic rings. The molecule has 0 aliphatic carbocycles. The first kappa shape index (κ1) is 12.5. The first-order valence-electron chi connectivity index (χ1n) is 6.13. The second kappa shape index (κ2) is 5.16. The fourth-order valence-electron chi connectivity index (χ4n) is 2.38. The fourth-order valence-corrected chi connectivity index (χ4v) is 2.38. The van der Waals surface area contributed by atoms with Crippen molar-refractivity contribution in [2.75, 3.05) is 23.7 Å². The van der Waals surface area contributed by atoms with Crippen molar-refractivity contribution in [1.29, 1.82) is 0 Å². The van der Waals surface area contributed by atoms with Gasteiger partial charge in [-0.2, -0.15) is 0 Å². The Morgan fingerprint density at radius 2 is 2.39 bits per heavy atom. The molecular weight excluding hydrogens is 234 g/mol. The van der Waals surface area contributed by atoms with Crippen LogP contribution in [0, 0.1) is 16.0 Å². The third-order valence-electron chi connectivity index (χ3n) is 3.41. The summed E-state index contributed by atoms with van der Waals surface area (Å²) in [7, 11) is 0. The second-order valence-electron chi connectivity index (χ2n) is 4.55. The Bertz CT molecular complexity index is 451. The molecule has 7 heteroatoms. The molecule has 1 atom stereocenters. The number of piperidine rings is 1. The maximum absolute atomic E-state index is 11.1. The Hall–Kier alpha value is -1.92. The molecule has 98 valence electrons. The lowest BCUT2D eigenvalue weighted by Crippen LogP contribution is -2.36. The van der Waals surface area contributed by atoms with Crippen LogP contribution in [0.3, 0.4) is 0 Å². The average Bonchev–Trinajstić information content (AvgIpc) is 2.38. The summed E-state index contributed by atoms with van der Waals surface area (Å²) in [5, 5.41) is 11.1. The van der Waals surface area contributed by atoms with Crippen LogP contribution in [0.2, 0.25) is 0 Å². The van der Waals surface area contributed by atoms with Crippen molar-refractivity contribution in [3.05, 3.63) is 16.4 Å². The zero-order valence-corrected chi connectivity index (χ0v) is 10.4. The average molecular weight is 251 g/mol.